The summed E-state index contributed by atoms with van der Waals surface area (Å²) < 4.78 is 7.64. The predicted octanol–water partition coefficient (Wildman–Crippen LogP) is 4.71. The third-order valence-electron chi connectivity index (χ3n) is 6.24. The highest BCUT2D eigenvalue weighted by atomic mass is 16.5. The van der Waals surface area contributed by atoms with Gasteiger partial charge in [-0.25, -0.2) is 4.58 Å². The number of aliphatic carboxylic acids is 1. The second kappa shape index (κ2) is 14.0. The maximum atomic E-state index is 10.6. The van der Waals surface area contributed by atoms with Crippen LogP contribution in [-0.4, -0.2) is 76.4 Å². The summed E-state index contributed by atoms with van der Waals surface area (Å²) in [5.41, 5.74) is 7.47. The number of carboxylic acids is 1. The fraction of sp³-hybridized carbons (Fsp3) is 0.312. The number of carboxylic acid groups (broad SMARTS) is 1. The van der Waals surface area contributed by atoms with E-state index in [4.69, 9.17) is 9.84 Å². The van der Waals surface area contributed by atoms with Gasteiger partial charge in [0.1, 0.15) is 14.1 Å². The van der Waals surface area contributed by atoms with Gasteiger partial charge in [0, 0.05) is 75.4 Å². The zero-order valence-electron chi connectivity index (χ0n) is 23.1. The van der Waals surface area contributed by atoms with Crippen molar-refractivity contribution in [2.75, 3.05) is 64.8 Å². The molecule has 2 aromatic rings. The number of likely N-dealkylation sites (N-methyl/N-ethyl adjacent to an activating group) is 1. The van der Waals surface area contributed by atoms with Crippen LogP contribution in [0, 0.1) is 11.8 Å². The van der Waals surface area contributed by atoms with Gasteiger partial charge < -0.3 is 19.6 Å². The number of hydrogen-bond acceptors (Lipinski definition) is 4. The molecule has 2 aromatic carbocycles. The summed E-state index contributed by atoms with van der Waals surface area (Å²) in [5.74, 6) is 6.01. The molecule has 0 heterocycles. The van der Waals surface area contributed by atoms with Crippen LogP contribution in [0.2, 0.25) is 0 Å². The highest BCUT2D eigenvalue weighted by Crippen LogP contribution is 2.25. The van der Waals surface area contributed by atoms with Crippen molar-refractivity contribution in [1.82, 2.24) is 0 Å². The van der Waals surface area contributed by atoms with E-state index in [-0.39, 0.29) is 6.42 Å². The standard InChI is InChI=1S/C32H37N3O3/c1-33(2)28-17-11-26(12-18-28)31(27-13-19-29(20-14-27)34(3)4)21-10-25-8-15-30(16-9-25)35(5)22-24-38-23-6-7-32(36)37/h8-9,11-20H,6-7,22-24H2,1-5H3/p+1. The molecule has 0 bridgehead atoms. The van der Waals surface area contributed by atoms with Crippen LogP contribution in [0.5, 0.6) is 0 Å². The lowest BCUT2D eigenvalue weighted by Crippen LogP contribution is -2.22. The molecule has 0 unspecified atom stereocenters. The van der Waals surface area contributed by atoms with E-state index in [0.29, 0.717) is 19.6 Å². The highest BCUT2D eigenvalue weighted by Gasteiger charge is 2.10. The van der Waals surface area contributed by atoms with Crippen LogP contribution < -0.4 is 9.80 Å². The van der Waals surface area contributed by atoms with Gasteiger partial charge in [-0.3, -0.25) is 4.79 Å². The van der Waals surface area contributed by atoms with E-state index in [9.17, 15) is 4.79 Å². The molecule has 1 aliphatic rings. The summed E-state index contributed by atoms with van der Waals surface area (Å²) in [7, 11) is 10.2. The molecule has 3 rings (SSSR count). The van der Waals surface area contributed by atoms with E-state index < -0.39 is 5.97 Å². The van der Waals surface area contributed by atoms with E-state index in [0.717, 1.165) is 45.9 Å². The largest absolute Gasteiger partial charge is 0.481 e. The van der Waals surface area contributed by atoms with Crippen molar-refractivity contribution in [3.05, 3.63) is 89.5 Å². The molecule has 1 aliphatic carbocycles. The first kappa shape index (κ1) is 28.5. The van der Waals surface area contributed by atoms with Crippen molar-refractivity contribution in [3.8, 4) is 11.8 Å². The van der Waals surface area contributed by atoms with Gasteiger partial charge in [-0.2, -0.15) is 0 Å². The van der Waals surface area contributed by atoms with Crippen LogP contribution in [0.15, 0.2) is 78.4 Å². The lowest BCUT2D eigenvalue weighted by molar-refractivity contribution is -0.462. The zero-order chi connectivity index (χ0) is 27.5. The molecule has 0 fully saturated rings. The summed E-state index contributed by atoms with van der Waals surface area (Å²) in [6.07, 6.45) is 9.16. The first-order chi connectivity index (χ1) is 18.2. The van der Waals surface area contributed by atoms with Crippen molar-refractivity contribution >= 4 is 28.6 Å². The van der Waals surface area contributed by atoms with Crippen molar-refractivity contribution in [2.45, 2.75) is 12.8 Å². The number of ether oxygens (including phenoxy) is 1. The average molecular weight is 513 g/mol. The van der Waals surface area contributed by atoms with Gasteiger partial charge in [-0.05, 0) is 66.1 Å². The number of allylic oxidation sites excluding steroid dienone is 6. The van der Waals surface area contributed by atoms with Crippen LogP contribution in [0.25, 0.3) is 5.57 Å². The van der Waals surface area contributed by atoms with Crippen molar-refractivity contribution < 1.29 is 19.2 Å². The molecule has 0 radical (unpaired) electrons. The van der Waals surface area contributed by atoms with Crippen LogP contribution in [-0.2, 0) is 9.53 Å². The molecule has 0 aliphatic heterocycles. The van der Waals surface area contributed by atoms with Gasteiger partial charge in [0.15, 0.2) is 5.71 Å². The Morgan fingerprint density at radius 2 is 1.53 bits per heavy atom. The zero-order valence-corrected chi connectivity index (χ0v) is 23.1. The molecule has 0 spiro atoms. The summed E-state index contributed by atoms with van der Waals surface area (Å²) >= 11 is 0. The van der Waals surface area contributed by atoms with Crippen molar-refractivity contribution in [3.63, 3.8) is 0 Å². The average Bonchev–Trinajstić information content (AvgIpc) is 2.91. The maximum absolute atomic E-state index is 10.6. The Labute approximate surface area is 226 Å². The second-order valence-electron chi connectivity index (χ2n) is 9.59. The minimum absolute atomic E-state index is 0.139. The van der Waals surface area contributed by atoms with E-state index in [1.165, 1.54) is 0 Å². The van der Waals surface area contributed by atoms with Crippen LogP contribution in [0.4, 0.5) is 11.4 Å². The Bertz CT molecular complexity index is 1270. The van der Waals surface area contributed by atoms with Gasteiger partial charge in [0.05, 0.1) is 6.61 Å². The molecule has 1 N–H and O–H groups in total. The first-order valence-corrected chi connectivity index (χ1v) is 12.8. The third-order valence-corrected chi connectivity index (χ3v) is 6.24. The molecule has 0 saturated carbocycles. The van der Waals surface area contributed by atoms with Gasteiger partial charge in [0.25, 0.3) is 0 Å². The quantitative estimate of drug-likeness (QED) is 0.284. The van der Waals surface area contributed by atoms with E-state index in [1.54, 1.807) is 0 Å². The molecule has 0 atom stereocenters. The highest BCUT2D eigenvalue weighted by molar-refractivity contribution is 6.04. The van der Waals surface area contributed by atoms with Gasteiger partial charge in [-0.1, -0.05) is 24.0 Å². The number of benzene rings is 2. The number of hydrogen-bond donors (Lipinski definition) is 1. The summed E-state index contributed by atoms with van der Waals surface area (Å²) in [4.78, 5) is 14.8. The monoisotopic (exact) mass is 512 g/mol. The molecule has 6 heteroatoms. The fourth-order valence-corrected chi connectivity index (χ4v) is 3.86. The number of anilines is 2. The Hall–Kier alpha value is -4.08. The SMILES string of the molecule is CN(C)c1ccc(C(C#Cc2ccc(N(C)CCOCCCC(=O)O)cc2)=C2C=CC(=[N+](C)C)C=C2)cc1. The number of nitrogens with zero attached hydrogens (tertiary/aromatic N) is 3. The van der Waals surface area contributed by atoms with E-state index in [1.807, 2.05) is 47.4 Å². The summed E-state index contributed by atoms with van der Waals surface area (Å²) in [6.45, 7) is 1.74. The molecule has 0 saturated heterocycles. The molecule has 6 nitrogen and oxygen atoms in total. The number of rotatable bonds is 10. The first-order valence-electron chi connectivity index (χ1n) is 12.8. The van der Waals surface area contributed by atoms with Crippen LogP contribution in [0.3, 0.4) is 0 Å². The van der Waals surface area contributed by atoms with E-state index >= 15 is 0 Å². The van der Waals surface area contributed by atoms with E-state index in [2.05, 4.69) is 86.9 Å². The topological polar surface area (TPSA) is 56.0 Å². The molecular formula is C32H38N3O3+. The minimum Gasteiger partial charge on any atom is -0.481 e. The Kier molecular flexibility index (Phi) is 10.5. The molecule has 198 valence electrons. The molecule has 38 heavy (non-hydrogen) atoms. The van der Waals surface area contributed by atoms with Gasteiger partial charge in [0.2, 0.25) is 0 Å². The Morgan fingerprint density at radius 3 is 2.11 bits per heavy atom. The van der Waals surface area contributed by atoms with Crippen molar-refractivity contribution in [1.29, 1.82) is 0 Å². The van der Waals surface area contributed by atoms with Crippen LogP contribution in [0.1, 0.15) is 24.0 Å². The second-order valence-corrected chi connectivity index (χ2v) is 9.59. The maximum Gasteiger partial charge on any atom is 0.303 e. The Morgan fingerprint density at radius 1 is 0.895 bits per heavy atom. The van der Waals surface area contributed by atoms with Crippen LogP contribution >= 0.6 is 0 Å². The van der Waals surface area contributed by atoms with Crippen molar-refractivity contribution in [2.24, 2.45) is 0 Å². The summed E-state index contributed by atoms with van der Waals surface area (Å²) in [5, 5.41) is 8.69. The molecule has 0 aromatic heterocycles. The molecular weight excluding hydrogens is 474 g/mol. The minimum atomic E-state index is -0.789. The van der Waals surface area contributed by atoms with Gasteiger partial charge >= 0.3 is 5.97 Å². The fourth-order valence-electron chi connectivity index (χ4n) is 3.86. The third kappa shape index (κ3) is 8.50. The summed E-state index contributed by atoms with van der Waals surface area (Å²) in [6, 6.07) is 16.7. The van der Waals surface area contributed by atoms with Gasteiger partial charge in [-0.15, -0.1) is 0 Å². The smallest absolute Gasteiger partial charge is 0.303 e. The predicted molar refractivity (Wildman–Crippen MR) is 157 cm³/mol. The lowest BCUT2D eigenvalue weighted by Gasteiger charge is -2.19. The normalized spacial score (nSPS) is 12.1. The lowest BCUT2D eigenvalue weighted by atomic mass is 9.96. The Balaban J connectivity index is 1.75. The molecule has 0 amide bonds. The number of carbonyl (C=O) groups is 1.